The summed E-state index contributed by atoms with van der Waals surface area (Å²) in [5, 5.41) is 14.1. The van der Waals surface area contributed by atoms with Gasteiger partial charge >= 0.3 is 0 Å². The molecular weight excluding hydrogens is 274 g/mol. The summed E-state index contributed by atoms with van der Waals surface area (Å²) in [6, 6.07) is 5.13. The Hall–Kier alpha value is -2.44. The maximum Gasteiger partial charge on any atom is 0.255 e. The van der Waals surface area contributed by atoms with Crippen LogP contribution in [-0.4, -0.2) is 37.7 Å². The van der Waals surface area contributed by atoms with Crippen molar-refractivity contribution in [3.8, 4) is 11.5 Å². The molecule has 0 aliphatic rings. The number of hydrogen-bond acceptors (Lipinski definition) is 5. The number of carbonyl (C=O) groups excluding carboxylic acids is 1. The van der Waals surface area contributed by atoms with E-state index in [9.17, 15) is 4.79 Å². The van der Waals surface area contributed by atoms with Gasteiger partial charge in [-0.05, 0) is 25.0 Å². The van der Waals surface area contributed by atoms with Gasteiger partial charge in [0.15, 0.2) is 11.5 Å². The summed E-state index contributed by atoms with van der Waals surface area (Å²) in [5.74, 6) is 0.886. The monoisotopic (exact) mass is 295 g/mol. The summed E-state index contributed by atoms with van der Waals surface area (Å²) in [7, 11) is 3.01. The number of nitrogens with zero attached hydrogens (tertiary/aromatic N) is 1. The molecule has 21 heavy (non-hydrogen) atoms. The van der Waals surface area contributed by atoms with Crippen LogP contribution in [0.15, 0.2) is 23.4 Å². The fraction of sp³-hybridized carbons (Fsp3) is 0.429. The molecule has 7 heteroatoms. The molecule has 0 radical (unpaired) electrons. The predicted molar refractivity (Wildman–Crippen MR) is 79.1 cm³/mol. The topological polar surface area (TPSA) is 106 Å². The number of rotatable bonds is 8. The number of ether oxygens (including phenoxy) is 2. The van der Waals surface area contributed by atoms with E-state index in [1.165, 1.54) is 14.2 Å². The first-order chi connectivity index (χ1) is 10.1. The summed E-state index contributed by atoms with van der Waals surface area (Å²) < 4.78 is 10.4. The van der Waals surface area contributed by atoms with E-state index in [1.54, 1.807) is 18.2 Å². The molecule has 1 amide bonds. The van der Waals surface area contributed by atoms with Crippen molar-refractivity contribution in [3.63, 3.8) is 0 Å². The average Bonchev–Trinajstić information content (AvgIpc) is 2.52. The van der Waals surface area contributed by atoms with Crippen molar-refractivity contribution in [2.45, 2.75) is 19.3 Å². The molecule has 0 atom stereocenters. The normalized spacial score (nSPS) is 11.0. The van der Waals surface area contributed by atoms with Crippen molar-refractivity contribution in [1.82, 2.24) is 5.32 Å². The van der Waals surface area contributed by atoms with Crippen LogP contribution >= 0.6 is 0 Å². The second-order valence-corrected chi connectivity index (χ2v) is 4.35. The largest absolute Gasteiger partial charge is 0.493 e. The lowest BCUT2D eigenvalue weighted by atomic mass is 10.1. The van der Waals surface area contributed by atoms with Crippen LogP contribution in [0.1, 0.15) is 29.6 Å². The zero-order valence-corrected chi connectivity index (χ0v) is 12.3. The van der Waals surface area contributed by atoms with E-state index in [4.69, 9.17) is 20.4 Å². The number of para-hydroxylation sites is 1. The van der Waals surface area contributed by atoms with Crippen molar-refractivity contribution in [2.75, 3.05) is 20.8 Å². The van der Waals surface area contributed by atoms with Crippen LogP contribution in [0.3, 0.4) is 0 Å². The van der Waals surface area contributed by atoms with Gasteiger partial charge in [0.2, 0.25) is 0 Å². The molecule has 1 aromatic carbocycles. The van der Waals surface area contributed by atoms with Crippen LogP contribution in [0.4, 0.5) is 0 Å². The molecule has 0 spiro atoms. The van der Waals surface area contributed by atoms with Crippen LogP contribution in [0.25, 0.3) is 0 Å². The minimum atomic E-state index is -0.227. The third-order valence-electron chi connectivity index (χ3n) is 2.92. The smallest absolute Gasteiger partial charge is 0.255 e. The Bertz CT molecular complexity index is 503. The summed E-state index contributed by atoms with van der Waals surface area (Å²) >= 11 is 0. The van der Waals surface area contributed by atoms with Gasteiger partial charge in [0, 0.05) is 13.0 Å². The van der Waals surface area contributed by atoms with E-state index in [0.717, 1.165) is 12.8 Å². The molecule has 0 heterocycles. The van der Waals surface area contributed by atoms with Gasteiger partial charge in [0.25, 0.3) is 5.91 Å². The van der Waals surface area contributed by atoms with Crippen molar-refractivity contribution in [2.24, 2.45) is 10.9 Å². The molecule has 0 bridgehead atoms. The molecule has 0 fully saturated rings. The van der Waals surface area contributed by atoms with Crippen LogP contribution in [0.5, 0.6) is 11.5 Å². The van der Waals surface area contributed by atoms with Crippen molar-refractivity contribution in [3.05, 3.63) is 23.8 Å². The molecule has 0 aliphatic heterocycles. The Morgan fingerprint density at radius 3 is 2.71 bits per heavy atom. The van der Waals surface area contributed by atoms with E-state index >= 15 is 0 Å². The fourth-order valence-corrected chi connectivity index (χ4v) is 1.84. The zero-order valence-electron chi connectivity index (χ0n) is 12.3. The van der Waals surface area contributed by atoms with Gasteiger partial charge in [-0.25, -0.2) is 0 Å². The van der Waals surface area contributed by atoms with Crippen LogP contribution in [-0.2, 0) is 0 Å². The Morgan fingerprint density at radius 2 is 2.10 bits per heavy atom. The van der Waals surface area contributed by atoms with Gasteiger partial charge in [-0.2, -0.15) is 0 Å². The standard InChI is InChI=1S/C14H21N3O4/c1-20-11-7-5-6-10(13(11)21-2)14(18)16-9-4-3-8-12(15)17-19/h5-7,19H,3-4,8-9H2,1-2H3,(H2,15,17)(H,16,18). The quantitative estimate of drug-likeness (QED) is 0.221. The van der Waals surface area contributed by atoms with Gasteiger partial charge in [-0.3, -0.25) is 4.79 Å². The Morgan fingerprint density at radius 1 is 1.33 bits per heavy atom. The van der Waals surface area contributed by atoms with Crippen LogP contribution in [0, 0.1) is 0 Å². The SMILES string of the molecule is COc1cccc(C(=O)NCCCCC(N)=NO)c1OC. The maximum absolute atomic E-state index is 12.1. The summed E-state index contributed by atoms with van der Waals surface area (Å²) in [6.07, 6.45) is 1.95. The molecule has 0 saturated heterocycles. The number of nitrogens with one attached hydrogen (secondary N) is 1. The lowest BCUT2D eigenvalue weighted by Crippen LogP contribution is -2.25. The van der Waals surface area contributed by atoms with Crippen molar-refractivity contribution < 1.29 is 19.5 Å². The predicted octanol–water partition coefficient (Wildman–Crippen LogP) is 1.35. The Labute approximate surface area is 123 Å². The molecule has 7 nitrogen and oxygen atoms in total. The average molecular weight is 295 g/mol. The van der Waals surface area contributed by atoms with E-state index in [-0.39, 0.29) is 11.7 Å². The number of hydrogen-bond donors (Lipinski definition) is 3. The lowest BCUT2D eigenvalue weighted by molar-refractivity contribution is 0.0949. The summed E-state index contributed by atoms with van der Waals surface area (Å²) in [6.45, 7) is 0.498. The Balaban J connectivity index is 2.53. The summed E-state index contributed by atoms with van der Waals surface area (Å²) in [4.78, 5) is 12.1. The highest BCUT2D eigenvalue weighted by atomic mass is 16.5. The molecule has 1 aromatic rings. The van der Waals surface area contributed by atoms with E-state index < -0.39 is 0 Å². The molecule has 0 saturated carbocycles. The first-order valence-corrected chi connectivity index (χ1v) is 6.59. The number of amides is 1. The first kappa shape index (κ1) is 16.6. The third-order valence-corrected chi connectivity index (χ3v) is 2.92. The molecule has 4 N–H and O–H groups in total. The second kappa shape index (κ2) is 8.68. The van der Waals surface area contributed by atoms with Crippen LogP contribution in [0.2, 0.25) is 0 Å². The van der Waals surface area contributed by atoms with Crippen molar-refractivity contribution in [1.29, 1.82) is 0 Å². The number of oxime groups is 1. The van der Waals surface area contributed by atoms with Gasteiger partial charge < -0.3 is 25.7 Å². The molecule has 0 aliphatic carbocycles. The number of methoxy groups -OCH3 is 2. The minimum absolute atomic E-state index is 0.191. The summed E-state index contributed by atoms with van der Waals surface area (Å²) in [5.41, 5.74) is 5.78. The van der Waals surface area contributed by atoms with Crippen molar-refractivity contribution >= 4 is 11.7 Å². The number of carbonyl (C=O) groups is 1. The molecule has 0 unspecified atom stereocenters. The molecule has 0 aromatic heterocycles. The number of amidine groups is 1. The Kier molecular flexibility index (Phi) is 6.86. The van der Waals surface area contributed by atoms with Gasteiger partial charge in [-0.1, -0.05) is 11.2 Å². The zero-order chi connectivity index (χ0) is 15.7. The molecule has 1 rings (SSSR count). The highest BCUT2D eigenvalue weighted by Crippen LogP contribution is 2.30. The minimum Gasteiger partial charge on any atom is -0.493 e. The highest BCUT2D eigenvalue weighted by Gasteiger charge is 2.15. The van der Waals surface area contributed by atoms with Gasteiger partial charge in [0.05, 0.1) is 19.8 Å². The van der Waals surface area contributed by atoms with Gasteiger partial charge in [0.1, 0.15) is 5.84 Å². The second-order valence-electron chi connectivity index (χ2n) is 4.35. The first-order valence-electron chi connectivity index (χ1n) is 6.59. The van der Waals surface area contributed by atoms with E-state index in [2.05, 4.69) is 10.5 Å². The number of unbranched alkanes of at least 4 members (excludes halogenated alkanes) is 1. The lowest BCUT2D eigenvalue weighted by Gasteiger charge is -2.12. The molecule has 116 valence electrons. The fourth-order valence-electron chi connectivity index (χ4n) is 1.84. The van der Waals surface area contributed by atoms with E-state index in [0.29, 0.717) is 30.0 Å². The highest BCUT2D eigenvalue weighted by molar-refractivity contribution is 5.97. The number of nitrogens with two attached hydrogens (primary N) is 1. The van der Waals surface area contributed by atoms with Gasteiger partial charge in [-0.15, -0.1) is 0 Å². The third kappa shape index (κ3) is 4.87. The van der Waals surface area contributed by atoms with E-state index in [1.807, 2.05) is 0 Å². The maximum atomic E-state index is 12.1. The number of benzene rings is 1. The van der Waals surface area contributed by atoms with Crippen LogP contribution < -0.4 is 20.5 Å². The molecular formula is C14H21N3O4.